The standard InChI is InChI=1S/C21H22ClNO2.C2H2O4/c1-3-13-23(2)14-12-21(17-8-10-18(22)11-9-17)15-16-6-4-5-7-19(16)20(24)25-21;3-1(4)2(5)6/h3-11H,1,12-15H2,2H3;(H,3,4)(H,5,6). The van der Waals surface area contributed by atoms with Crippen molar-refractivity contribution in [2.24, 2.45) is 0 Å². The molecule has 0 fully saturated rings. The Morgan fingerprint density at radius 1 is 1.16 bits per heavy atom. The number of cyclic esters (lactones) is 1. The molecule has 1 aliphatic rings. The molecule has 31 heavy (non-hydrogen) atoms. The molecule has 164 valence electrons. The van der Waals surface area contributed by atoms with E-state index < -0.39 is 17.5 Å². The van der Waals surface area contributed by atoms with Crippen molar-refractivity contribution in [3.8, 4) is 0 Å². The molecule has 2 aromatic carbocycles. The van der Waals surface area contributed by atoms with Crippen LogP contribution in [-0.4, -0.2) is 53.2 Å². The van der Waals surface area contributed by atoms with E-state index in [1.165, 1.54) is 0 Å². The van der Waals surface area contributed by atoms with E-state index in [0.717, 1.165) is 24.2 Å². The van der Waals surface area contributed by atoms with Crippen LogP contribution in [0.25, 0.3) is 0 Å². The molecule has 0 radical (unpaired) electrons. The van der Waals surface area contributed by atoms with Crippen molar-refractivity contribution in [3.05, 3.63) is 82.9 Å². The second-order valence-corrected chi connectivity index (χ2v) is 7.57. The summed E-state index contributed by atoms with van der Waals surface area (Å²) >= 11 is 6.05. The fourth-order valence-corrected chi connectivity index (χ4v) is 3.46. The lowest BCUT2D eigenvalue weighted by molar-refractivity contribution is -0.159. The van der Waals surface area contributed by atoms with E-state index in [1.807, 2.05) is 61.7 Å². The van der Waals surface area contributed by atoms with Gasteiger partial charge in [-0.3, -0.25) is 0 Å². The fraction of sp³-hybridized carbons (Fsp3) is 0.261. The van der Waals surface area contributed by atoms with Crippen LogP contribution >= 0.6 is 11.6 Å². The molecule has 1 unspecified atom stereocenters. The van der Waals surface area contributed by atoms with Crippen LogP contribution in [0.3, 0.4) is 0 Å². The maximum Gasteiger partial charge on any atom is 0.414 e. The third kappa shape index (κ3) is 6.41. The van der Waals surface area contributed by atoms with Crippen molar-refractivity contribution in [1.29, 1.82) is 0 Å². The molecule has 2 aromatic rings. The number of carbonyl (C=O) groups is 3. The minimum atomic E-state index is -1.82. The lowest BCUT2D eigenvalue weighted by Crippen LogP contribution is -2.41. The van der Waals surface area contributed by atoms with Gasteiger partial charge in [0.25, 0.3) is 0 Å². The van der Waals surface area contributed by atoms with Gasteiger partial charge in [-0.15, -0.1) is 6.58 Å². The fourth-order valence-electron chi connectivity index (χ4n) is 3.33. The first-order valence-electron chi connectivity index (χ1n) is 9.51. The molecule has 0 aliphatic carbocycles. The summed E-state index contributed by atoms with van der Waals surface area (Å²) in [4.78, 5) is 33.0. The zero-order valence-electron chi connectivity index (χ0n) is 17.1. The van der Waals surface area contributed by atoms with Crippen LogP contribution in [-0.2, 0) is 26.3 Å². The predicted octanol–water partition coefficient (Wildman–Crippen LogP) is 3.61. The number of carbonyl (C=O) groups excluding carboxylic acids is 1. The Bertz CT molecular complexity index is 947. The van der Waals surface area contributed by atoms with Crippen LogP contribution in [0.1, 0.15) is 27.9 Å². The number of rotatable bonds is 6. The molecule has 8 heteroatoms. The minimum absolute atomic E-state index is 0.261. The van der Waals surface area contributed by atoms with E-state index in [2.05, 4.69) is 11.5 Å². The monoisotopic (exact) mass is 445 g/mol. The van der Waals surface area contributed by atoms with Crippen molar-refractivity contribution in [2.75, 3.05) is 20.1 Å². The topological polar surface area (TPSA) is 104 Å². The second-order valence-electron chi connectivity index (χ2n) is 7.14. The number of hydrogen-bond acceptors (Lipinski definition) is 5. The molecule has 1 heterocycles. The molecule has 1 atom stereocenters. The van der Waals surface area contributed by atoms with E-state index >= 15 is 0 Å². The van der Waals surface area contributed by atoms with E-state index in [4.69, 9.17) is 36.1 Å². The molecule has 1 aliphatic heterocycles. The average molecular weight is 446 g/mol. The molecule has 2 N–H and O–H groups in total. The second kappa shape index (κ2) is 10.7. The number of ether oxygens (including phenoxy) is 1. The van der Waals surface area contributed by atoms with Crippen LogP contribution in [0.15, 0.2) is 61.2 Å². The van der Waals surface area contributed by atoms with Gasteiger partial charge >= 0.3 is 17.9 Å². The molecule has 0 saturated carbocycles. The average Bonchev–Trinajstić information content (AvgIpc) is 2.73. The van der Waals surface area contributed by atoms with Crippen LogP contribution < -0.4 is 0 Å². The van der Waals surface area contributed by atoms with E-state index in [-0.39, 0.29) is 5.97 Å². The van der Waals surface area contributed by atoms with E-state index in [0.29, 0.717) is 23.4 Å². The highest BCUT2D eigenvalue weighted by molar-refractivity contribution is 6.30. The SMILES string of the molecule is C=CCN(C)CCC1(c2ccc(Cl)cc2)Cc2ccccc2C(=O)O1.O=C(O)C(=O)O. The van der Waals surface area contributed by atoms with E-state index in [9.17, 15) is 4.79 Å². The molecule has 0 aromatic heterocycles. The van der Waals surface area contributed by atoms with Gasteiger partial charge in [0.05, 0.1) is 5.56 Å². The van der Waals surface area contributed by atoms with Crippen LogP contribution in [0, 0.1) is 0 Å². The summed E-state index contributed by atoms with van der Waals surface area (Å²) in [6.07, 6.45) is 3.24. The number of nitrogens with zero attached hydrogens (tertiary/aromatic N) is 1. The number of carboxylic acids is 2. The normalized spacial score (nSPS) is 17.1. The Morgan fingerprint density at radius 3 is 2.35 bits per heavy atom. The van der Waals surface area contributed by atoms with Crippen LogP contribution in [0.5, 0.6) is 0 Å². The van der Waals surface area contributed by atoms with Gasteiger partial charge in [-0.2, -0.15) is 0 Å². The van der Waals surface area contributed by atoms with Crippen molar-refractivity contribution in [2.45, 2.75) is 18.4 Å². The van der Waals surface area contributed by atoms with Crippen molar-refractivity contribution in [1.82, 2.24) is 4.90 Å². The van der Waals surface area contributed by atoms with Crippen LogP contribution in [0.4, 0.5) is 0 Å². The largest absolute Gasteiger partial charge is 0.473 e. The van der Waals surface area contributed by atoms with Crippen molar-refractivity contribution < 1.29 is 29.3 Å². The summed E-state index contributed by atoms with van der Waals surface area (Å²) in [5, 5.41) is 15.5. The number of hydrogen-bond donors (Lipinski definition) is 2. The first-order valence-corrected chi connectivity index (χ1v) is 9.89. The van der Waals surface area contributed by atoms with Crippen LogP contribution in [0.2, 0.25) is 5.02 Å². The Balaban J connectivity index is 0.000000501. The highest BCUT2D eigenvalue weighted by atomic mass is 35.5. The zero-order valence-corrected chi connectivity index (χ0v) is 17.8. The third-order valence-corrected chi connectivity index (χ3v) is 5.14. The van der Waals surface area contributed by atoms with Gasteiger partial charge in [0, 0.05) is 31.0 Å². The Kier molecular flexibility index (Phi) is 8.36. The summed E-state index contributed by atoms with van der Waals surface area (Å²) in [5.41, 5.74) is 1.99. The molecule has 3 rings (SSSR count). The molecule has 0 saturated heterocycles. The smallest absolute Gasteiger partial charge is 0.414 e. The number of benzene rings is 2. The van der Waals surface area contributed by atoms with Gasteiger partial charge in [-0.1, -0.05) is 48.0 Å². The predicted molar refractivity (Wildman–Crippen MR) is 116 cm³/mol. The summed E-state index contributed by atoms with van der Waals surface area (Å²) in [7, 11) is 2.04. The molecule has 0 spiro atoms. The minimum Gasteiger partial charge on any atom is -0.473 e. The zero-order chi connectivity index (χ0) is 23.0. The quantitative estimate of drug-likeness (QED) is 0.397. The van der Waals surface area contributed by atoms with E-state index in [1.54, 1.807) is 0 Å². The first-order chi connectivity index (χ1) is 14.7. The van der Waals surface area contributed by atoms with Gasteiger partial charge in [0.1, 0.15) is 5.60 Å². The number of aliphatic carboxylic acids is 2. The molecular formula is C23H24ClNO6. The van der Waals surface area contributed by atoms with Gasteiger partial charge in [0.2, 0.25) is 0 Å². The molecule has 0 amide bonds. The summed E-state index contributed by atoms with van der Waals surface area (Å²) < 4.78 is 6.02. The highest BCUT2D eigenvalue weighted by Crippen LogP contribution is 2.39. The highest BCUT2D eigenvalue weighted by Gasteiger charge is 2.41. The lowest BCUT2D eigenvalue weighted by Gasteiger charge is -2.39. The molecular weight excluding hydrogens is 422 g/mol. The van der Waals surface area contributed by atoms with Gasteiger partial charge in [0.15, 0.2) is 0 Å². The Hall–Kier alpha value is -3.16. The molecule has 0 bridgehead atoms. The van der Waals surface area contributed by atoms with Gasteiger partial charge < -0.3 is 19.8 Å². The third-order valence-electron chi connectivity index (χ3n) is 4.89. The summed E-state index contributed by atoms with van der Waals surface area (Å²) in [6, 6.07) is 15.3. The Labute approximate surface area is 185 Å². The number of carboxylic acid groups (broad SMARTS) is 2. The molecule has 7 nitrogen and oxygen atoms in total. The lowest BCUT2D eigenvalue weighted by atomic mass is 9.81. The van der Waals surface area contributed by atoms with Crippen molar-refractivity contribution >= 4 is 29.5 Å². The maximum atomic E-state index is 12.6. The number of fused-ring (bicyclic) bond motifs is 1. The summed E-state index contributed by atoms with van der Waals surface area (Å²) in [6.45, 7) is 5.37. The van der Waals surface area contributed by atoms with Gasteiger partial charge in [-0.25, -0.2) is 14.4 Å². The summed E-state index contributed by atoms with van der Waals surface area (Å²) in [5.74, 6) is -3.91. The van der Waals surface area contributed by atoms with Crippen molar-refractivity contribution in [3.63, 3.8) is 0 Å². The number of halogens is 1. The number of likely N-dealkylation sites (N-methyl/N-ethyl adjacent to an activating group) is 1. The van der Waals surface area contributed by atoms with Gasteiger partial charge in [-0.05, 0) is 36.4 Å². The number of esters is 1. The first kappa shape index (κ1) is 24.1. The maximum absolute atomic E-state index is 12.6. The Morgan fingerprint density at radius 2 is 1.77 bits per heavy atom.